The van der Waals surface area contributed by atoms with E-state index in [2.05, 4.69) is 5.10 Å². The molecule has 0 fully saturated rings. The van der Waals surface area contributed by atoms with Gasteiger partial charge in [0.1, 0.15) is 6.10 Å². The molecule has 1 atom stereocenters. The molecular weight excluding hydrogens is 250 g/mol. The molecule has 2 aromatic rings. The van der Waals surface area contributed by atoms with Crippen molar-refractivity contribution in [3.8, 4) is 0 Å². The number of halogens is 2. The third kappa shape index (κ3) is 2.66. The SMILES string of the molecule is CCCn1cc(C(O)c2ccc(C)c(F)c2F)cn1. The quantitative estimate of drug-likeness (QED) is 0.924. The van der Waals surface area contributed by atoms with Gasteiger partial charge in [-0.05, 0) is 18.9 Å². The van der Waals surface area contributed by atoms with Gasteiger partial charge >= 0.3 is 0 Å². The third-order valence-corrected chi connectivity index (χ3v) is 3.02. The van der Waals surface area contributed by atoms with Crippen LogP contribution in [0.2, 0.25) is 0 Å². The highest BCUT2D eigenvalue weighted by Gasteiger charge is 2.20. The molecule has 2 rings (SSSR count). The Balaban J connectivity index is 2.33. The number of hydrogen-bond donors (Lipinski definition) is 1. The highest BCUT2D eigenvalue weighted by atomic mass is 19.2. The highest BCUT2D eigenvalue weighted by molar-refractivity contribution is 5.32. The van der Waals surface area contributed by atoms with Crippen molar-refractivity contribution in [3.05, 3.63) is 52.9 Å². The maximum Gasteiger partial charge on any atom is 0.165 e. The van der Waals surface area contributed by atoms with Crippen LogP contribution in [-0.4, -0.2) is 14.9 Å². The van der Waals surface area contributed by atoms with Crippen molar-refractivity contribution in [2.75, 3.05) is 0 Å². The lowest BCUT2D eigenvalue weighted by molar-refractivity contribution is 0.213. The minimum Gasteiger partial charge on any atom is -0.383 e. The fraction of sp³-hybridized carbons (Fsp3) is 0.357. The monoisotopic (exact) mass is 266 g/mol. The van der Waals surface area contributed by atoms with Crippen molar-refractivity contribution < 1.29 is 13.9 Å². The van der Waals surface area contributed by atoms with Crippen LogP contribution in [0.25, 0.3) is 0 Å². The molecule has 0 saturated carbocycles. The largest absolute Gasteiger partial charge is 0.383 e. The van der Waals surface area contributed by atoms with E-state index >= 15 is 0 Å². The van der Waals surface area contributed by atoms with Gasteiger partial charge in [0.15, 0.2) is 11.6 Å². The molecule has 1 heterocycles. The normalized spacial score (nSPS) is 12.7. The van der Waals surface area contributed by atoms with E-state index in [9.17, 15) is 13.9 Å². The first-order chi connectivity index (χ1) is 9.04. The van der Waals surface area contributed by atoms with E-state index in [-0.39, 0.29) is 11.1 Å². The smallest absolute Gasteiger partial charge is 0.165 e. The molecule has 3 nitrogen and oxygen atoms in total. The van der Waals surface area contributed by atoms with Gasteiger partial charge in [-0.25, -0.2) is 8.78 Å². The number of rotatable bonds is 4. The number of aromatic nitrogens is 2. The Labute approximate surface area is 110 Å². The van der Waals surface area contributed by atoms with E-state index in [0.29, 0.717) is 5.56 Å². The van der Waals surface area contributed by atoms with Gasteiger partial charge in [0.05, 0.1) is 6.20 Å². The minimum absolute atomic E-state index is 0.0702. The first-order valence-electron chi connectivity index (χ1n) is 6.19. The van der Waals surface area contributed by atoms with Crippen LogP contribution in [0.1, 0.15) is 36.1 Å². The molecule has 0 aliphatic rings. The average Bonchev–Trinajstić information content (AvgIpc) is 2.85. The molecule has 0 spiro atoms. The average molecular weight is 266 g/mol. The van der Waals surface area contributed by atoms with Crippen molar-refractivity contribution >= 4 is 0 Å². The summed E-state index contributed by atoms with van der Waals surface area (Å²) in [5, 5.41) is 14.2. The van der Waals surface area contributed by atoms with Gasteiger partial charge in [-0.1, -0.05) is 19.1 Å². The Morgan fingerprint density at radius 2 is 2.05 bits per heavy atom. The number of aliphatic hydroxyl groups excluding tert-OH is 1. The lowest BCUT2D eigenvalue weighted by Crippen LogP contribution is -2.05. The summed E-state index contributed by atoms with van der Waals surface area (Å²) in [6, 6.07) is 2.85. The molecule has 0 bridgehead atoms. The van der Waals surface area contributed by atoms with E-state index in [1.54, 1.807) is 10.9 Å². The fourth-order valence-corrected chi connectivity index (χ4v) is 1.92. The fourth-order valence-electron chi connectivity index (χ4n) is 1.92. The number of hydrogen-bond acceptors (Lipinski definition) is 2. The van der Waals surface area contributed by atoms with Crippen LogP contribution < -0.4 is 0 Å². The van der Waals surface area contributed by atoms with Crippen molar-refractivity contribution in [2.45, 2.75) is 32.9 Å². The summed E-state index contributed by atoms with van der Waals surface area (Å²) in [5.41, 5.74) is 0.602. The van der Waals surface area contributed by atoms with E-state index in [1.165, 1.54) is 25.3 Å². The maximum atomic E-state index is 13.8. The molecule has 19 heavy (non-hydrogen) atoms. The maximum absolute atomic E-state index is 13.8. The van der Waals surface area contributed by atoms with Gasteiger partial charge in [-0.15, -0.1) is 0 Å². The lowest BCUT2D eigenvalue weighted by atomic mass is 10.0. The zero-order valence-electron chi connectivity index (χ0n) is 10.9. The first-order valence-corrected chi connectivity index (χ1v) is 6.19. The Morgan fingerprint density at radius 1 is 1.32 bits per heavy atom. The van der Waals surface area contributed by atoms with E-state index in [4.69, 9.17) is 0 Å². The lowest BCUT2D eigenvalue weighted by Gasteiger charge is -2.11. The van der Waals surface area contributed by atoms with Crippen molar-refractivity contribution in [1.82, 2.24) is 9.78 Å². The summed E-state index contributed by atoms with van der Waals surface area (Å²) >= 11 is 0. The standard InChI is InChI=1S/C14H16F2N2O/c1-3-6-18-8-10(7-17-18)14(19)11-5-4-9(2)12(15)13(11)16/h4-5,7-8,14,19H,3,6H2,1-2H3. The highest BCUT2D eigenvalue weighted by Crippen LogP contribution is 2.26. The van der Waals surface area contributed by atoms with E-state index in [1.807, 2.05) is 6.92 Å². The summed E-state index contributed by atoms with van der Waals surface area (Å²) in [6.45, 7) is 4.21. The molecular formula is C14H16F2N2O. The van der Waals surface area contributed by atoms with Crippen molar-refractivity contribution in [3.63, 3.8) is 0 Å². The van der Waals surface area contributed by atoms with Gasteiger partial charge in [0.25, 0.3) is 0 Å². The second kappa shape index (κ2) is 5.48. The second-order valence-corrected chi connectivity index (χ2v) is 4.54. The number of aryl methyl sites for hydroxylation is 2. The van der Waals surface area contributed by atoms with Gasteiger partial charge in [0.2, 0.25) is 0 Å². The predicted octanol–water partition coefficient (Wildman–Crippen LogP) is 2.96. The first kappa shape index (κ1) is 13.7. The molecule has 0 amide bonds. The Hall–Kier alpha value is -1.75. The van der Waals surface area contributed by atoms with Crippen LogP contribution in [-0.2, 0) is 6.54 Å². The molecule has 1 aromatic carbocycles. The van der Waals surface area contributed by atoms with Crippen LogP contribution in [0.5, 0.6) is 0 Å². The molecule has 102 valence electrons. The Bertz CT molecular complexity index is 581. The molecule has 0 saturated heterocycles. The van der Waals surface area contributed by atoms with Gasteiger partial charge in [-0.2, -0.15) is 5.10 Å². The second-order valence-electron chi connectivity index (χ2n) is 4.54. The van der Waals surface area contributed by atoms with Crippen molar-refractivity contribution in [2.24, 2.45) is 0 Å². The molecule has 5 heteroatoms. The van der Waals surface area contributed by atoms with Crippen molar-refractivity contribution in [1.29, 1.82) is 0 Å². The minimum atomic E-state index is -1.21. The van der Waals surface area contributed by atoms with Crippen LogP contribution in [0.4, 0.5) is 8.78 Å². The predicted molar refractivity (Wildman–Crippen MR) is 67.7 cm³/mol. The third-order valence-electron chi connectivity index (χ3n) is 3.02. The molecule has 1 N–H and O–H groups in total. The molecule has 1 unspecified atom stereocenters. The zero-order chi connectivity index (χ0) is 14.0. The van der Waals surface area contributed by atoms with Crippen LogP contribution >= 0.6 is 0 Å². The van der Waals surface area contributed by atoms with E-state index in [0.717, 1.165) is 13.0 Å². The molecule has 0 aliphatic heterocycles. The van der Waals surface area contributed by atoms with Crippen LogP contribution in [0.3, 0.4) is 0 Å². The number of aliphatic hydroxyl groups is 1. The van der Waals surface area contributed by atoms with E-state index < -0.39 is 17.7 Å². The van der Waals surface area contributed by atoms with Crippen LogP contribution in [0.15, 0.2) is 24.5 Å². The Kier molecular flexibility index (Phi) is 3.95. The van der Waals surface area contributed by atoms with Gasteiger partial charge in [0, 0.05) is 23.9 Å². The summed E-state index contributed by atoms with van der Waals surface area (Å²) in [6.07, 6.45) is 2.81. The Morgan fingerprint density at radius 3 is 2.74 bits per heavy atom. The zero-order valence-corrected chi connectivity index (χ0v) is 10.9. The summed E-state index contributed by atoms with van der Waals surface area (Å²) in [7, 11) is 0. The van der Waals surface area contributed by atoms with Crippen LogP contribution in [0, 0.1) is 18.6 Å². The van der Waals surface area contributed by atoms with Gasteiger partial charge < -0.3 is 5.11 Å². The number of nitrogens with zero attached hydrogens (tertiary/aromatic N) is 2. The molecule has 0 aliphatic carbocycles. The summed E-state index contributed by atoms with van der Waals surface area (Å²) < 4.78 is 28.9. The molecule has 1 aromatic heterocycles. The van der Waals surface area contributed by atoms with Gasteiger partial charge in [-0.3, -0.25) is 4.68 Å². The summed E-state index contributed by atoms with van der Waals surface area (Å²) in [4.78, 5) is 0. The summed E-state index contributed by atoms with van der Waals surface area (Å²) in [5.74, 6) is -1.92. The molecule has 0 radical (unpaired) electrons. The topological polar surface area (TPSA) is 38.0 Å². The number of benzene rings is 1.